The van der Waals surface area contributed by atoms with Gasteiger partial charge in [-0.05, 0) is 60.1 Å². The van der Waals surface area contributed by atoms with Crippen LogP contribution in [0.3, 0.4) is 0 Å². The lowest BCUT2D eigenvalue weighted by Crippen LogP contribution is -2.21. The second-order valence-electron chi connectivity index (χ2n) is 8.03. The van der Waals surface area contributed by atoms with Crippen LogP contribution in [0, 0.1) is 0 Å². The van der Waals surface area contributed by atoms with Gasteiger partial charge in [0.15, 0.2) is 0 Å². The van der Waals surface area contributed by atoms with Crippen LogP contribution in [0.4, 0.5) is 0 Å². The molecular formula is C23H30Cl2O2. The molecule has 0 bridgehead atoms. The van der Waals surface area contributed by atoms with E-state index in [9.17, 15) is 10.2 Å². The van der Waals surface area contributed by atoms with Crippen LogP contribution >= 0.6 is 23.2 Å². The monoisotopic (exact) mass is 408 g/mol. The van der Waals surface area contributed by atoms with Crippen molar-refractivity contribution in [2.24, 2.45) is 0 Å². The number of phenols is 2. The van der Waals surface area contributed by atoms with E-state index in [0.717, 1.165) is 24.0 Å². The fraction of sp³-hybridized carbons (Fsp3) is 0.478. The summed E-state index contributed by atoms with van der Waals surface area (Å²) < 4.78 is 0. The topological polar surface area (TPSA) is 40.5 Å². The lowest BCUT2D eigenvalue weighted by molar-refractivity contribution is 0.424. The maximum absolute atomic E-state index is 11.0. The minimum Gasteiger partial charge on any atom is -0.507 e. The molecule has 148 valence electrons. The molecule has 0 radical (unpaired) electrons. The molecule has 2 atom stereocenters. The van der Waals surface area contributed by atoms with Crippen molar-refractivity contribution < 1.29 is 10.2 Å². The maximum Gasteiger partial charge on any atom is 0.123 e. The number of hydrogen-bond donors (Lipinski definition) is 2. The molecule has 2 nitrogen and oxygen atoms in total. The predicted molar refractivity (Wildman–Crippen MR) is 116 cm³/mol. The Morgan fingerprint density at radius 1 is 0.778 bits per heavy atom. The summed E-state index contributed by atoms with van der Waals surface area (Å²) in [6.07, 6.45) is 1.79. The van der Waals surface area contributed by atoms with E-state index in [1.807, 2.05) is 26.0 Å². The van der Waals surface area contributed by atoms with Crippen molar-refractivity contribution in [2.75, 3.05) is 0 Å². The zero-order chi connectivity index (χ0) is 20.5. The van der Waals surface area contributed by atoms with Crippen molar-refractivity contribution in [2.45, 2.75) is 71.6 Å². The molecule has 0 aliphatic carbocycles. The van der Waals surface area contributed by atoms with Gasteiger partial charge in [-0.1, -0.05) is 64.7 Å². The zero-order valence-electron chi connectivity index (χ0n) is 17.0. The highest BCUT2D eigenvalue weighted by Crippen LogP contribution is 2.47. The largest absolute Gasteiger partial charge is 0.507 e. The van der Waals surface area contributed by atoms with Crippen molar-refractivity contribution in [3.63, 3.8) is 0 Å². The summed E-state index contributed by atoms with van der Waals surface area (Å²) in [6, 6.07) is 7.22. The van der Waals surface area contributed by atoms with Crippen LogP contribution in [0.5, 0.6) is 11.5 Å². The third kappa shape index (κ3) is 4.22. The number of halogens is 2. The van der Waals surface area contributed by atoms with E-state index in [1.54, 1.807) is 12.1 Å². The molecule has 0 aliphatic heterocycles. The standard InChI is InChI=1S/C23H30Cl2O2/c1-7-13(3)17-9-15(24)11-19(21(17)26)23(5,6)20-12-16(25)10-18(22(20)27)14(4)8-2/h9-14,26-27H,7-8H2,1-6H3. The molecule has 0 spiro atoms. The second-order valence-corrected chi connectivity index (χ2v) is 8.90. The molecule has 0 saturated heterocycles. The Kier molecular flexibility index (Phi) is 6.76. The van der Waals surface area contributed by atoms with Crippen LogP contribution in [0.25, 0.3) is 0 Å². The Morgan fingerprint density at radius 3 is 1.41 bits per heavy atom. The summed E-state index contributed by atoms with van der Waals surface area (Å²) in [5.41, 5.74) is 2.37. The van der Waals surface area contributed by atoms with Crippen molar-refractivity contribution in [1.82, 2.24) is 0 Å². The first-order valence-electron chi connectivity index (χ1n) is 9.60. The van der Waals surface area contributed by atoms with Crippen molar-refractivity contribution in [3.05, 3.63) is 56.6 Å². The SMILES string of the molecule is CCC(C)c1cc(Cl)cc(C(C)(C)c2cc(Cl)cc(C(C)CC)c2O)c1O. The summed E-state index contributed by atoms with van der Waals surface area (Å²) in [5.74, 6) is 0.843. The minimum absolute atomic E-state index is 0.182. The van der Waals surface area contributed by atoms with Gasteiger partial charge in [0.05, 0.1) is 0 Å². The van der Waals surface area contributed by atoms with Crippen molar-refractivity contribution in [3.8, 4) is 11.5 Å². The zero-order valence-corrected chi connectivity index (χ0v) is 18.5. The summed E-state index contributed by atoms with van der Waals surface area (Å²) in [7, 11) is 0. The van der Waals surface area contributed by atoms with Crippen LogP contribution in [0.1, 0.15) is 88.5 Å². The molecule has 0 amide bonds. The average molecular weight is 409 g/mol. The predicted octanol–water partition coefficient (Wildman–Crippen LogP) is 7.76. The Bertz CT molecular complexity index is 760. The first-order valence-corrected chi connectivity index (χ1v) is 10.4. The smallest absolute Gasteiger partial charge is 0.123 e. The molecule has 2 unspecified atom stereocenters. The molecule has 0 aromatic heterocycles. The van der Waals surface area contributed by atoms with Gasteiger partial charge in [0.25, 0.3) is 0 Å². The Labute approximate surface area is 173 Å². The van der Waals surface area contributed by atoms with Gasteiger partial charge in [0, 0.05) is 26.6 Å². The van der Waals surface area contributed by atoms with Gasteiger partial charge in [-0.15, -0.1) is 0 Å². The maximum atomic E-state index is 11.0. The molecule has 2 aromatic rings. The lowest BCUT2D eigenvalue weighted by Gasteiger charge is -2.31. The third-order valence-electron chi connectivity index (χ3n) is 5.84. The quantitative estimate of drug-likeness (QED) is 0.512. The van der Waals surface area contributed by atoms with Crippen LogP contribution in [0.2, 0.25) is 10.0 Å². The third-order valence-corrected chi connectivity index (χ3v) is 6.28. The van der Waals surface area contributed by atoms with E-state index in [2.05, 4.69) is 27.7 Å². The fourth-order valence-corrected chi connectivity index (χ4v) is 3.98. The fourth-order valence-electron chi connectivity index (χ4n) is 3.53. The van der Waals surface area contributed by atoms with Gasteiger partial charge < -0.3 is 10.2 Å². The Morgan fingerprint density at radius 2 is 1.11 bits per heavy atom. The van der Waals surface area contributed by atoms with E-state index in [4.69, 9.17) is 23.2 Å². The average Bonchev–Trinajstić information content (AvgIpc) is 2.63. The molecule has 0 aliphatic rings. The highest BCUT2D eigenvalue weighted by atomic mass is 35.5. The molecule has 0 fully saturated rings. The first-order chi connectivity index (χ1) is 12.5. The molecule has 2 aromatic carbocycles. The Balaban J connectivity index is 2.73. The summed E-state index contributed by atoms with van der Waals surface area (Å²) in [5, 5.41) is 23.2. The molecule has 27 heavy (non-hydrogen) atoms. The summed E-state index contributed by atoms with van der Waals surface area (Å²) in [4.78, 5) is 0. The van der Waals surface area contributed by atoms with Gasteiger partial charge in [-0.2, -0.15) is 0 Å². The van der Waals surface area contributed by atoms with E-state index in [0.29, 0.717) is 21.2 Å². The van der Waals surface area contributed by atoms with E-state index in [-0.39, 0.29) is 23.3 Å². The summed E-state index contributed by atoms with van der Waals surface area (Å²) >= 11 is 12.8. The Hall–Kier alpha value is -1.38. The van der Waals surface area contributed by atoms with Crippen LogP contribution < -0.4 is 0 Å². The van der Waals surface area contributed by atoms with Crippen LogP contribution in [0.15, 0.2) is 24.3 Å². The first kappa shape index (κ1) is 21.9. The van der Waals surface area contributed by atoms with Crippen molar-refractivity contribution >= 4 is 23.2 Å². The van der Waals surface area contributed by atoms with Gasteiger partial charge >= 0.3 is 0 Å². The van der Waals surface area contributed by atoms with Gasteiger partial charge in [-0.3, -0.25) is 0 Å². The van der Waals surface area contributed by atoms with Gasteiger partial charge in [0.2, 0.25) is 0 Å². The summed E-state index contributed by atoms with van der Waals surface area (Å²) in [6.45, 7) is 12.3. The van der Waals surface area contributed by atoms with Gasteiger partial charge in [0.1, 0.15) is 11.5 Å². The highest BCUT2D eigenvalue weighted by molar-refractivity contribution is 6.31. The number of benzene rings is 2. The highest BCUT2D eigenvalue weighted by Gasteiger charge is 2.32. The van der Waals surface area contributed by atoms with Crippen LogP contribution in [-0.4, -0.2) is 10.2 Å². The molecule has 0 saturated carbocycles. The molecule has 0 heterocycles. The lowest BCUT2D eigenvalue weighted by atomic mass is 9.74. The number of phenolic OH excluding ortho intramolecular Hbond substituents is 2. The normalized spacial score (nSPS) is 14.2. The van der Waals surface area contributed by atoms with Crippen molar-refractivity contribution in [1.29, 1.82) is 0 Å². The molecule has 2 N–H and O–H groups in total. The van der Waals surface area contributed by atoms with E-state index >= 15 is 0 Å². The number of hydrogen-bond acceptors (Lipinski definition) is 2. The second kappa shape index (κ2) is 8.32. The van der Waals surface area contributed by atoms with E-state index < -0.39 is 5.41 Å². The van der Waals surface area contributed by atoms with Gasteiger partial charge in [-0.25, -0.2) is 0 Å². The number of aromatic hydroxyl groups is 2. The minimum atomic E-state index is -0.672. The number of rotatable bonds is 6. The molecular weight excluding hydrogens is 379 g/mol. The molecule has 2 rings (SSSR count). The molecule has 4 heteroatoms. The van der Waals surface area contributed by atoms with E-state index in [1.165, 1.54) is 0 Å². The van der Waals surface area contributed by atoms with Crippen LogP contribution in [-0.2, 0) is 5.41 Å².